The van der Waals surface area contributed by atoms with Crippen LogP contribution in [0, 0.1) is 11.3 Å². The Balaban J connectivity index is 1.95. The highest BCUT2D eigenvalue weighted by molar-refractivity contribution is 6.31. The first-order valence-electron chi connectivity index (χ1n) is 9.77. The van der Waals surface area contributed by atoms with E-state index >= 15 is 0 Å². The number of esters is 1. The molecule has 0 saturated heterocycles. The van der Waals surface area contributed by atoms with Crippen molar-refractivity contribution < 1.29 is 14.3 Å². The van der Waals surface area contributed by atoms with E-state index in [9.17, 15) is 10.1 Å². The molecule has 1 heterocycles. The van der Waals surface area contributed by atoms with Crippen LogP contribution in [-0.2, 0) is 24.8 Å². The van der Waals surface area contributed by atoms with Gasteiger partial charge in [-0.1, -0.05) is 48.9 Å². The molecule has 0 amide bonds. The molecule has 0 fully saturated rings. The van der Waals surface area contributed by atoms with Crippen LogP contribution in [0.25, 0.3) is 11.1 Å². The van der Waals surface area contributed by atoms with Gasteiger partial charge in [0, 0.05) is 28.9 Å². The number of carbonyl (C=O) groups excluding carboxylic acids is 1. The van der Waals surface area contributed by atoms with Crippen molar-refractivity contribution >= 4 is 17.6 Å². The molecule has 2 aromatic carbocycles. The minimum Gasteiger partial charge on any atom is -0.489 e. The molecule has 0 aliphatic rings. The van der Waals surface area contributed by atoms with Gasteiger partial charge in [0.05, 0.1) is 12.2 Å². The molecule has 0 bridgehead atoms. The molecule has 0 atom stereocenters. The lowest BCUT2D eigenvalue weighted by Gasteiger charge is -2.10. The van der Waals surface area contributed by atoms with Crippen LogP contribution in [0.5, 0.6) is 5.75 Å². The summed E-state index contributed by atoms with van der Waals surface area (Å²) in [6, 6.07) is 17.1. The van der Waals surface area contributed by atoms with Gasteiger partial charge in [-0.15, -0.1) is 0 Å². The SMILES string of the molecule is CCOC(=O)c1c(-c2ccc(OCc3ccccc3Cl)cc2)c(C#N)c(CC)n1C. The van der Waals surface area contributed by atoms with Crippen LogP contribution >= 0.6 is 11.6 Å². The van der Waals surface area contributed by atoms with Crippen LogP contribution in [0.3, 0.4) is 0 Å². The molecule has 30 heavy (non-hydrogen) atoms. The van der Waals surface area contributed by atoms with E-state index in [1.165, 1.54) is 0 Å². The normalized spacial score (nSPS) is 10.5. The van der Waals surface area contributed by atoms with Crippen molar-refractivity contribution in [2.24, 2.45) is 7.05 Å². The molecule has 6 heteroatoms. The molecule has 0 radical (unpaired) electrons. The summed E-state index contributed by atoms with van der Waals surface area (Å²) in [5.41, 5.74) is 3.93. The van der Waals surface area contributed by atoms with E-state index in [1.54, 1.807) is 18.5 Å². The molecule has 3 rings (SSSR count). The fourth-order valence-corrected chi connectivity index (χ4v) is 3.67. The van der Waals surface area contributed by atoms with Gasteiger partial charge in [-0.05, 0) is 37.1 Å². The van der Waals surface area contributed by atoms with Crippen molar-refractivity contribution in [3.63, 3.8) is 0 Å². The zero-order valence-corrected chi connectivity index (χ0v) is 18.0. The zero-order chi connectivity index (χ0) is 21.7. The molecule has 5 nitrogen and oxygen atoms in total. The number of hydrogen-bond acceptors (Lipinski definition) is 4. The predicted octanol–water partition coefficient (Wildman–Crippen LogP) is 5.54. The van der Waals surface area contributed by atoms with Crippen LogP contribution in [0.4, 0.5) is 0 Å². The molecule has 0 aliphatic heterocycles. The first kappa shape index (κ1) is 21.5. The number of rotatable bonds is 7. The molecule has 3 aromatic rings. The number of halogens is 1. The molecular formula is C24H23ClN2O3. The van der Waals surface area contributed by atoms with Crippen LogP contribution in [0.15, 0.2) is 48.5 Å². The number of ether oxygens (including phenoxy) is 2. The second-order valence-corrected chi connectivity index (χ2v) is 7.10. The maximum absolute atomic E-state index is 12.6. The average molecular weight is 423 g/mol. The van der Waals surface area contributed by atoms with Crippen LogP contribution in [-0.4, -0.2) is 17.1 Å². The minimum absolute atomic E-state index is 0.265. The fraction of sp³-hybridized carbons (Fsp3) is 0.250. The quantitative estimate of drug-likeness (QED) is 0.469. The number of benzene rings is 2. The van der Waals surface area contributed by atoms with Gasteiger partial charge in [0.25, 0.3) is 0 Å². The van der Waals surface area contributed by atoms with Gasteiger partial charge in [-0.3, -0.25) is 0 Å². The van der Waals surface area contributed by atoms with Gasteiger partial charge >= 0.3 is 5.97 Å². The van der Waals surface area contributed by atoms with Gasteiger partial charge < -0.3 is 14.0 Å². The van der Waals surface area contributed by atoms with E-state index in [4.69, 9.17) is 21.1 Å². The summed E-state index contributed by atoms with van der Waals surface area (Å²) in [4.78, 5) is 12.6. The smallest absolute Gasteiger partial charge is 0.355 e. The van der Waals surface area contributed by atoms with Gasteiger partial charge in [-0.2, -0.15) is 5.26 Å². The highest BCUT2D eigenvalue weighted by Gasteiger charge is 2.26. The van der Waals surface area contributed by atoms with Crippen molar-refractivity contribution in [3.05, 3.63) is 76.1 Å². The lowest BCUT2D eigenvalue weighted by Crippen LogP contribution is -2.12. The Labute approximate surface area is 181 Å². The highest BCUT2D eigenvalue weighted by Crippen LogP contribution is 2.34. The summed E-state index contributed by atoms with van der Waals surface area (Å²) in [5.74, 6) is 0.228. The monoisotopic (exact) mass is 422 g/mol. The second-order valence-electron chi connectivity index (χ2n) is 6.69. The van der Waals surface area contributed by atoms with E-state index in [0.29, 0.717) is 40.6 Å². The Morgan fingerprint density at radius 3 is 2.43 bits per heavy atom. The Morgan fingerprint density at radius 2 is 1.83 bits per heavy atom. The number of hydrogen-bond donors (Lipinski definition) is 0. The van der Waals surface area contributed by atoms with Gasteiger partial charge in [0.2, 0.25) is 0 Å². The van der Waals surface area contributed by atoms with Crippen molar-refractivity contribution in [2.45, 2.75) is 26.9 Å². The van der Waals surface area contributed by atoms with E-state index in [0.717, 1.165) is 16.8 Å². The third-order valence-corrected chi connectivity index (χ3v) is 5.30. The Morgan fingerprint density at radius 1 is 1.13 bits per heavy atom. The fourth-order valence-electron chi connectivity index (χ4n) is 3.48. The molecule has 0 N–H and O–H groups in total. The van der Waals surface area contributed by atoms with E-state index < -0.39 is 5.97 Å². The van der Waals surface area contributed by atoms with Crippen LogP contribution in [0.1, 0.15) is 41.2 Å². The molecule has 0 aliphatic carbocycles. The number of nitriles is 1. The molecular weight excluding hydrogens is 400 g/mol. The summed E-state index contributed by atoms with van der Waals surface area (Å²) in [7, 11) is 1.79. The standard InChI is InChI=1S/C24H23ClN2O3/c1-4-21-19(14-26)22(23(27(21)3)24(28)29-5-2)16-10-12-18(13-11-16)30-15-17-8-6-7-9-20(17)25/h6-13H,4-5,15H2,1-3H3. The van der Waals surface area contributed by atoms with Crippen molar-refractivity contribution in [1.29, 1.82) is 5.26 Å². The first-order valence-corrected chi connectivity index (χ1v) is 10.1. The Bertz CT molecular complexity index is 1090. The van der Waals surface area contributed by atoms with Crippen molar-refractivity contribution in [1.82, 2.24) is 4.57 Å². The van der Waals surface area contributed by atoms with E-state index in [2.05, 4.69) is 6.07 Å². The molecule has 154 valence electrons. The van der Waals surface area contributed by atoms with Gasteiger partial charge in [-0.25, -0.2) is 4.79 Å². The Kier molecular flexibility index (Phi) is 6.81. The summed E-state index contributed by atoms with van der Waals surface area (Å²) in [5, 5.41) is 10.4. The number of carbonyl (C=O) groups is 1. The summed E-state index contributed by atoms with van der Waals surface area (Å²) < 4.78 is 12.8. The van der Waals surface area contributed by atoms with E-state index in [-0.39, 0.29) is 6.61 Å². The third kappa shape index (κ3) is 4.19. The largest absolute Gasteiger partial charge is 0.489 e. The van der Waals surface area contributed by atoms with Gasteiger partial charge in [0.1, 0.15) is 24.1 Å². The first-order chi connectivity index (χ1) is 14.5. The second kappa shape index (κ2) is 9.51. The molecule has 0 unspecified atom stereocenters. The molecule has 0 saturated carbocycles. The summed E-state index contributed by atoms with van der Waals surface area (Å²) in [6.45, 7) is 4.33. The third-order valence-electron chi connectivity index (χ3n) is 4.93. The Hall–Kier alpha value is -3.23. The molecule has 0 spiro atoms. The van der Waals surface area contributed by atoms with E-state index in [1.807, 2.05) is 55.5 Å². The van der Waals surface area contributed by atoms with Crippen LogP contribution in [0.2, 0.25) is 5.02 Å². The maximum Gasteiger partial charge on any atom is 0.355 e. The predicted molar refractivity (Wildman–Crippen MR) is 117 cm³/mol. The lowest BCUT2D eigenvalue weighted by molar-refractivity contribution is 0.0516. The highest BCUT2D eigenvalue weighted by atomic mass is 35.5. The summed E-state index contributed by atoms with van der Waals surface area (Å²) in [6.07, 6.45) is 0.630. The lowest BCUT2D eigenvalue weighted by atomic mass is 10.00. The van der Waals surface area contributed by atoms with Crippen molar-refractivity contribution in [2.75, 3.05) is 6.61 Å². The topological polar surface area (TPSA) is 64.2 Å². The van der Waals surface area contributed by atoms with Crippen LogP contribution < -0.4 is 4.74 Å². The summed E-state index contributed by atoms with van der Waals surface area (Å²) >= 11 is 6.18. The maximum atomic E-state index is 12.6. The number of nitrogens with zero attached hydrogens (tertiary/aromatic N) is 2. The van der Waals surface area contributed by atoms with Crippen molar-refractivity contribution in [3.8, 4) is 22.9 Å². The molecule has 1 aromatic heterocycles. The van der Waals surface area contributed by atoms with Gasteiger partial charge in [0.15, 0.2) is 0 Å². The zero-order valence-electron chi connectivity index (χ0n) is 17.2. The average Bonchev–Trinajstić information content (AvgIpc) is 3.05. The number of aromatic nitrogens is 1. The minimum atomic E-state index is -0.440.